The second-order valence-electron chi connectivity index (χ2n) is 6.86. The Labute approximate surface area is 139 Å². The number of amides is 1. The van der Waals surface area contributed by atoms with Gasteiger partial charge in [0.25, 0.3) is 0 Å². The average molecular weight is 316 g/mol. The zero-order chi connectivity index (χ0) is 16.1. The van der Waals surface area contributed by atoms with E-state index in [1.807, 2.05) is 18.2 Å². The molecule has 3 rings (SSSR count). The Morgan fingerprint density at radius 1 is 1.22 bits per heavy atom. The fraction of sp³-hybridized carbons (Fsp3) is 0.632. The smallest absolute Gasteiger partial charge is 0.222 e. The molecule has 2 saturated heterocycles. The summed E-state index contributed by atoms with van der Waals surface area (Å²) in [7, 11) is 1.76. The Bertz CT molecular complexity index is 519. The number of likely N-dealkylation sites (tertiary alicyclic amines) is 2. The van der Waals surface area contributed by atoms with Crippen molar-refractivity contribution in [3.05, 3.63) is 35.9 Å². The summed E-state index contributed by atoms with van der Waals surface area (Å²) in [6.45, 7) is 4.75. The predicted molar refractivity (Wildman–Crippen MR) is 91.4 cm³/mol. The third-order valence-electron chi connectivity index (χ3n) is 5.46. The second-order valence-corrected chi connectivity index (χ2v) is 6.86. The third-order valence-corrected chi connectivity index (χ3v) is 5.46. The van der Waals surface area contributed by atoms with Gasteiger partial charge >= 0.3 is 0 Å². The third kappa shape index (κ3) is 3.75. The maximum absolute atomic E-state index is 12.6. The van der Waals surface area contributed by atoms with Gasteiger partial charge < -0.3 is 9.64 Å². The van der Waals surface area contributed by atoms with Gasteiger partial charge in [-0.2, -0.15) is 0 Å². The van der Waals surface area contributed by atoms with Crippen molar-refractivity contribution < 1.29 is 9.53 Å². The van der Waals surface area contributed by atoms with Crippen LogP contribution in [0, 0.1) is 0 Å². The van der Waals surface area contributed by atoms with Crippen molar-refractivity contribution in [2.45, 2.75) is 37.6 Å². The van der Waals surface area contributed by atoms with Crippen molar-refractivity contribution in [2.24, 2.45) is 0 Å². The monoisotopic (exact) mass is 316 g/mol. The summed E-state index contributed by atoms with van der Waals surface area (Å²) in [4.78, 5) is 17.2. The lowest BCUT2D eigenvalue weighted by atomic mass is 9.77. The van der Waals surface area contributed by atoms with Crippen LogP contribution in [0.15, 0.2) is 30.3 Å². The number of nitrogens with zero attached hydrogens (tertiary/aromatic N) is 2. The van der Waals surface area contributed by atoms with Crippen LogP contribution in [-0.2, 0) is 16.0 Å². The van der Waals surface area contributed by atoms with Gasteiger partial charge in [-0.15, -0.1) is 0 Å². The van der Waals surface area contributed by atoms with Crippen LogP contribution in [0.3, 0.4) is 0 Å². The van der Waals surface area contributed by atoms with E-state index in [1.165, 1.54) is 18.4 Å². The minimum atomic E-state index is 0.235. The van der Waals surface area contributed by atoms with E-state index in [9.17, 15) is 4.79 Å². The Morgan fingerprint density at radius 3 is 2.74 bits per heavy atom. The molecule has 0 unspecified atom stereocenters. The molecule has 1 spiro atoms. The van der Waals surface area contributed by atoms with E-state index in [1.54, 1.807) is 7.11 Å². The number of rotatable bonds is 6. The zero-order valence-corrected chi connectivity index (χ0v) is 14.2. The summed E-state index contributed by atoms with van der Waals surface area (Å²) in [5.74, 6) is 0.312. The number of hydrogen-bond acceptors (Lipinski definition) is 3. The standard InChI is InChI=1S/C19H28N2O2/c1-23-15-14-21-13-11-19(21)10-5-12-20(16-19)18(22)9-8-17-6-3-2-4-7-17/h2-4,6-7H,5,8-16H2,1H3/t19-/m0/s1. The molecule has 2 aliphatic heterocycles. The first-order chi connectivity index (χ1) is 11.2. The Kier molecular flexibility index (Phi) is 5.34. The molecule has 0 bridgehead atoms. The van der Waals surface area contributed by atoms with Crippen LogP contribution in [0.1, 0.15) is 31.2 Å². The molecule has 1 aromatic carbocycles. The van der Waals surface area contributed by atoms with Gasteiger partial charge in [0, 0.05) is 45.2 Å². The van der Waals surface area contributed by atoms with Crippen molar-refractivity contribution in [3.8, 4) is 0 Å². The number of carbonyl (C=O) groups excluding carboxylic acids is 1. The maximum atomic E-state index is 12.6. The molecule has 0 aliphatic carbocycles. The number of aryl methyl sites for hydroxylation is 1. The van der Waals surface area contributed by atoms with E-state index in [-0.39, 0.29) is 5.54 Å². The van der Waals surface area contributed by atoms with Crippen molar-refractivity contribution in [1.82, 2.24) is 9.80 Å². The summed E-state index contributed by atoms with van der Waals surface area (Å²) < 4.78 is 5.22. The van der Waals surface area contributed by atoms with Gasteiger partial charge in [-0.25, -0.2) is 0 Å². The zero-order valence-electron chi connectivity index (χ0n) is 14.2. The molecule has 1 amide bonds. The molecular weight excluding hydrogens is 288 g/mol. The highest BCUT2D eigenvalue weighted by Crippen LogP contribution is 2.38. The molecular formula is C19H28N2O2. The average Bonchev–Trinajstić information content (AvgIpc) is 2.60. The lowest BCUT2D eigenvalue weighted by Gasteiger charge is -2.57. The molecule has 126 valence electrons. The number of piperidine rings is 1. The van der Waals surface area contributed by atoms with Gasteiger partial charge in [0.2, 0.25) is 5.91 Å². The van der Waals surface area contributed by atoms with Crippen LogP contribution in [0.4, 0.5) is 0 Å². The Morgan fingerprint density at radius 2 is 2.04 bits per heavy atom. The van der Waals surface area contributed by atoms with Gasteiger partial charge in [-0.3, -0.25) is 9.69 Å². The molecule has 4 heteroatoms. The molecule has 4 nitrogen and oxygen atoms in total. The van der Waals surface area contributed by atoms with Crippen molar-refractivity contribution >= 4 is 5.91 Å². The van der Waals surface area contributed by atoms with Gasteiger partial charge in [0.1, 0.15) is 0 Å². The van der Waals surface area contributed by atoms with E-state index in [0.29, 0.717) is 12.3 Å². The lowest BCUT2D eigenvalue weighted by Crippen LogP contribution is -2.67. The maximum Gasteiger partial charge on any atom is 0.222 e. The number of methoxy groups -OCH3 is 1. The molecule has 0 saturated carbocycles. The number of benzene rings is 1. The SMILES string of the molecule is COCCN1CC[C@]12CCCN(C(=O)CCc1ccccc1)C2. The number of ether oxygens (including phenoxy) is 1. The van der Waals surface area contributed by atoms with Crippen LogP contribution < -0.4 is 0 Å². The van der Waals surface area contributed by atoms with E-state index in [2.05, 4.69) is 21.9 Å². The molecule has 0 N–H and O–H groups in total. The second kappa shape index (κ2) is 7.45. The highest BCUT2D eigenvalue weighted by atomic mass is 16.5. The van der Waals surface area contributed by atoms with Crippen LogP contribution in [0.5, 0.6) is 0 Å². The Hall–Kier alpha value is -1.39. The normalized spacial score (nSPS) is 24.7. The Balaban J connectivity index is 1.53. The molecule has 1 aromatic rings. The first-order valence-corrected chi connectivity index (χ1v) is 8.79. The minimum Gasteiger partial charge on any atom is -0.383 e. The topological polar surface area (TPSA) is 32.8 Å². The van der Waals surface area contributed by atoms with Gasteiger partial charge in [0.15, 0.2) is 0 Å². The molecule has 2 fully saturated rings. The van der Waals surface area contributed by atoms with Crippen LogP contribution in [-0.4, -0.2) is 61.1 Å². The number of carbonyl (C=O) groups is 1. The fourth-order valence-corrected chi connectivity index (χ4v) is 3.98. The molecule has 23 heavy (non-hydrogen) atoms. The van der Waals surface area contributed by atoms with Crippen molar-refractivity contribution in [1.29, 1.82) is 0 Å². The first kappa shape index (κ1) is 16.5. The highest BCUT2D eigenvalue weighted by Gasteiger charge is 2.47. The largest absolute Gasteiger partial charge is 0.383 e. The van der Waals surface area contributed by atoms with E-state index < -0.39 is 0 Å². The van der Waals surface area contributed by atoms with Gasteiger partial charge in [0.05, 0.1) is 6.61 Å². The summed E-state index contributed by atoms with van der Waals surface area (Å²) in [5, 5.41) is 0. The van der Waals surface area contributed by atoms with Gasteiger partial charge in [-0.05, 0) is 31.2 Å². The minimum absolute atomic E-state index is 0.235. The van der Waals surface area contributed by atoms with E-state index in [0.717, 1.165) is 45.6 Å². The summed E-state index contributed by atoms with van der Waals surface area (Å²) in [6, 6.07) is 10.3. The van der Waals surface area contributed by atoms with Gasteiger partial charge in [-0.1, -0.05) is 30.3 Å². The predicted octanol–water partition coefficient (Wildman–Crippen LogP) is 2.33. The quantitative estimate of drug-likeness (QED) is 0.807. The fourth-order valence-electron chi connectivity index (χ4n) is 3.98. The summed E-state index contributed by atoms with van der Waals surface area (Å²) >= 11 is 0. The molecule has 2 aliphatic rings. The molecule has 2 heterocycles. The molecule has 0 radical (unpaired) electrons. The van der Waals surface area contributed by atoms with Crippen LogP contribution in [0.25, 0.3) is 0 Å². The molecule has 0 aromatic heterocycles. The van der Waals surface area contributed by atoms with Crippen LogP contribution in [0.2, 0.25) is 0 Å². The first-order valence-electron chi connectivity index (χ1n) is 8.79. The van der Waals surface area contributed by atoms with Crippen LogP contribution >= 0.6 is 0 Å². The number of hydrogen-bond donors (Lipinski definition) is 0. The van der Waals surface area contributed by atoms with E-state index >= 15 is 0 Å². The summed E-state index contributed by atoms with van der Waals surface area (Å²) in [5.41, 5.74) is 1.48. The van der Waals surface area contributed by atoms with E-state index in [4.69, 9.17) is 4.74 Å². The summed E-state index contributed by atoms with van der Waals surface area (Å²) in [6.07, 6.45) is 5.04. The van der Waals surface area contributed by atoms with Crippen molar-refractivity contribution in [3.63, 3.8) is 0 Å². The van der Waals surface area contributed by atoms with Crippen molar-refractivity contribution in [2.75, 3.05) is 39.9 Å². The highest BCUT2D eigenvalue weighted by molar-refractivity contribution is 5.76. The lowest BCUT2D eigenvalue weighted by molar-refractivity contribution is -0.140. The molecule has 1 atom stereocenters.